The number of benzene rings is 1. The van der Waals surface area contributed by atoms with Crippen molar-refractivity contribution in [2.24, 2.45) is 0 Å². The van der Waals surface area contributed by atoms with Crippen molar-refractivity contribution in [2.45, 2.75) is 12.8 Å². The lowest BCUT2D eigenvalue weighted by atomic mass is 10.2. The van der Waals surface area contributed by atoms with E-state index in [1.165, 1.54) is 26.1 Å². The summed E-state index contributed by atoms with van der Waals surface area (Å²) >= 11 is 5.89. The molecule has 0 bridgehead atoms. The minimum Gasteiger partial charge on any atom is -0.494 e. The molecule has 4 heteroatoms. The molecule has 1 aliphatic rings. The average molecular weight is 269 g/mol. The van der Waals surface area contributed by atoms with Crippen molar-refractivity contribution in [1.29, 1.82) is 0 Å². The van der Waals surface area contributed by atoms with E-state index in [9.17, 15) is 0 Å². The Labute approximate surface area is 114 Å². The summed E-state index contributed by atoms with van der Waals surface area (Å²) in [5.41, 5.74) is 0. The van der Waals surface area contributed by atoms with Crippen LogP contribution >= 0.6 is 11.6 Å². The number of nitrogens with one attached hydrogen (secondary N) is 1. The summed E-state index contributed by atoms with van der Waals surface area (Å²) in [6, 6.07) is 7.58. The molecule has 100 valence electrons. The Hall–Kier alpha value is -0.770. The summed E-state index contributed by atoms with van der Waals surface area (Å²) in [7, 11) is 0. The van der Waals surface area contributed by atoms with Crippen molar-refractivity contribution in [3.63, 3.8) is 0 Å². The van der Waals surface area contributed by atoms with Gasteiger partial charge in [-0.05, 0) is 37.6 Å². The van der Waals surface area contributed by atoms with Crippen molar-refractivity contribution < 1.29 is 4.74 Å². The number of nitrogens with zero attached hydrogens (tertiary/aromatic N) is 1. The SMILES string of the molecule is Clc1cccc(OCCCCN2CCNCC2)c1. The largest absolute Gasteiger partial charge is 0.494 e. The number of hydrogen-bond donors (Lipinski definition) is 1. The number of hydrogen-bond acceptors (Lipinski definition) is 3. The molecule has 0 aromatic heterocycles. The lowest BCUT2D eigenvalue weighted by Gasteiger charge is -2.26. The third-order valence-corrected chi connectivity index (χ3v) is 3.38. The molecule has 0 spiro atoms. The van der Waals surface area contributed by atoms with Crippen LogP contribution in [0.1, 0.15) is 12.8 Å². The zero-order chi connectivity index (χ0) is 12.6. The van der Waals surface area contributed by atoms with Crippen LogP contribution < -0.4 is 10.1 Å². The summed E-state index contributed by atoms with van der Waals surface area (Å²) in [5.74, 6) is 0.865. The summed E-state index contributed by atoms with van der Waals surface area (Å²) < 4.78 is 5.66. The standard InChI is InChI=1S/C14H21ClN2O/c15-13-4-3-5-14(12-13)18-11-2-1-8-17-9-6-16-7-10-17/h3-5,12,16H,1-2,6-11H2. The summed E-state index contributed by atoms with van der Waals surface area (Å²) in [6.45, 7) is 6.55. The summed E-state index contributed by atoms with van der Waals surface area (Å²) in [4.78, 5) is 2.51. The molecule has 1 saturated heterocycles. The van der Waals surface area contributed by atoms with Crippen LogP contribution in [0.2, 0.25) is 5.02 Å². The highest BCUT2D eigenvalue weighted by Gasteiger charge is 2.08. The quantitative estimate of drug-likeness (QED) is 0.802. The van der Waals surface area contributed by atoms with Crippen LogP contribution in [-0.2, 0) is 0 Å². The van der Waals surface area contributed by atoms with Crippen LogP contribution in [0.3, 0.4) is 0 Å². The first-order chi connectivity index (χ1) is 8.84. The fourth-order valence-electron chi connectivity index (χ4n) is 2.12. The van der Waals surface area contributed by atoms with Gasteiger partial charge in [0.25, 0.3) is 0 Å². The zero-order valence-corrected chi connectivity index (χ0v) is 11.5. The number of piperazine rings is 1. The van der Waals surface area contributed by atoms with E-state index in [1.807, 2.05) is 24.3 Å². The summed E-state index contributed by atoms with van der Waals surface area (Å²) in [6.07, 6.45) is 2.29. The fourth-order valence-corrected chi connectivity index (χ4v) is 2.30. The van der Waals surface area contributed by atoms with Crippen LogP contribution in [0.5, 0.6) is 5.75 Å². The van der Waals surface area contributed by atoms with Gasteiger partial charge in [-0.25, -0.2) is 0 Å². The van der Waals surface area contributed by atoms with E-state index in [0.717, 1.165) is 36.9 Å². The van der Waals surface area contributed by atoms with Crippen molar-refractivity contribution in [3.8, 4) is 5.75 Å². The van der Waals surface area contributed by atoms with E-state index in [2.05, 4.69) is 10.2 Å². The Balaban J connectivity index is 1.55. The molecule has 0 atom stereocenters. The third-order valence-electron chi connectivity index (χ3n) is 3.14. The molecule has 1 aromatic rings. The fraction of sp³-hybridized carbons (Fsp3) is 0.571. The van der Waals surface area contributed by atoms with Gasteiger partial charge in [0, 0.05) is 31.2 Å². The molecule has 2 rings (SSSR count). The van der Waals surface area contributed by atoms with Gasteiger partial charge in [-0.2, -0.15) is 0 Å². The predicted octanol–water partition coefficient (Wildman–Crippen LogP) is 2.40. The van der Waals surface area contributed by atoms with E-state index >= 15 is 0 Å². The smallest absolute Gasteiger partial charge is 0.120 e. The number of unbranched alkanes of at least 4 members (excludes halogenated alkanes) is 1. The van der Waals surface area contributed by atoms with Gasteiger partial charge >= 0.3 is 0 Å². The Bertz CT molecular complexity index is 353. The Morgan fingerprint density at radius 1 is 1.22 bits per heavy atom. The molecule has 1 fully saturated rings. The molecule has 0 unspecified atom stereocenters. The number of halogens is 1. The van der Waals surface area contributed by atoms with Gasteiger partial charge in [0.05, 0.1) is 6.61 Å². The second kappa shape index (κ2) is 7.62. The molecule has 0 amide bonds. The first-order valence-corrected chi connectivity index (χ1v) is 7.04. The highest BCUT2D eigenvalue weighted by atomic mass is 35.5. The van der Waals surface area contributed by atoms with Crippen molar-refractivity contribution in [3.05, 3.63) is 29.3 Å². The monoisotopic (exact) mass is 268 g/mol. The topological polar surface area (TPSA) is 24.5 Å². The Morgan fingerprint density at radius 3 is 2.83 bits per heavy atom. The van der Waals surface area contributed by atoms with Gasteiger partial charge < -0.3 is 15.0 Å². The van der Waals surface area contributed by atoms with E-state index < -0.39 is 0 Å². The maximum absolute atomic E-state index is 5.89. The van der Waals surface area contributed by atoms with E-state index in [-0.39, 0.29) is 0 Å². The van der Waals surface area contributed by atoms with Crippen LogP contribution in [0, 0.1) is 0 Å². The summed E-state index contributed by atoms with van der Waals surface area (Å²) in [5, 5.41) is 4.09. The van der Waals surface area contributed by atoms with Crippen LogP contribution in [0.25, 0.3) is 0 Å². The second-order valence-corrected chi connectivity index (χ2v) is 5.04. The van der Waals surface area contributed by atoms with E-state index in [0.29, 0.717) is 0 Å². The zero-order valence-electron chi connectivity index (χ0n) is 10.7. The maximum atomic E-state index is 5.89. The Kier molecular flexibility index (Phi) is 5.78. The maximum Gasteiger partial charge on any atom is 0.120 e. The van der Waals surface area contributed by atoms with E-state index in [1.54, 1.807) is 0 Å². The first kappa shape index (κ1) is 13.7. The third kappa shape index (κ3) is 4.84. The van der Waals surface area contributed by atoms with E-state index in [4.69, 9.17) is 16.3 Å². The predicted molar refractivity (Wildman–Crippen MR) is 75.5 cm³/mol. The molecule has 3 nitrogen and oxygen atoms in total. The van der Waals surface area contributed by atoms with Gasteiger partial charge in [0.1, 0.15) is 5.75 Å². The van der Waals surface area contributed by atoms with Gasteiger partial charge in [0.2, 0.25) is 0 Å². The molecule has 1 aromatic carbocycles. The van der Waals surface area contributed by atoms with Crippen molar-refractivity contribution in [1.82, 2.24) is 10.2 Å². The van der Waals surface area contributed by atoms with Gasteiger partial charge in [-0.3, -0.25) is 0 Å². The lowest BCUT2D eigenvalue weighted by Crippen LogP contribution is -2.43. The van der Waals surface area contributed by atoms with Gasteiger partial charge in [-0.15, -0.1) is 0 Å². The van der Waals surface area contributed by atoms with Crippen LogP contribution in [-0.4, -0.2) is 44.2 Å². The molecule has 1 heterocycles. The molecule has 0 saturated carbocycles. The molecule has 1 N–H and O–H groups in total. The Morgan fingerprint density at radius 2 is 2.06 bits per heavy atom. The first-order valence-electron chi connectivity index (χ1n) is 6.66. The van der Waals surface area contributed by atoms with Crippen molar-refractivity contribution in [2.75, 3.05) is 39.3 Å². The average Bonchev–Trinajstić information content (AvgIpc) is 2.40. The molecular formula is C14H21ClN2O. The molecule has 0 aliphatic carbocycles. The second-order valence-electron chi connectivity index (χ2n) is 4.60. The molecular weight excluding hydrogens is 248 g/mol. The molecule has 18 heavy (non-hydrogen) atoms. The minimum atomic E-state index is 0.730. The van der Waals surface area contributed by atoms with Gasteiger partial charge in [-0.1, -0.05) is 17.7 Å². The lowest BCUT2D eigenvalue weighted by molar-refractivity contribution is 0.226. The normalized spacial score (nSPS) is 16.7. The number of rotatable bonds is 6. The molecule has 1 aliphatic heterocycles. The highest BCUT2D eigenvalue weighted by molar-refractivity contribution is 6.30. The minimum absolute atomic E-state index is 0.730. The molecule has 0 radical (unpaired) electrons. The van der Waals surface area contributed by atoms with Crippen LogP contribution in [0.4, 0.5) is 0 Å². The van der Waals surface area contributed by atoms with Gasteiger partial charge in [0.15, 0.2) is 0 Å². The highest BCUT2D eigenvalue weighted by Crippen LogP contribution is 2.17. The van der Waals surface area contributed by atoms with Crippen molar-refractivity contribution >= 4 is 11.6 Å². The number of ether oxygens (including phenoxy) is 1. The van der Waals surface area contributed by atoms with Crippen LogP contribution in [0.15, 0.2) is 24.3 Å².